The fraction of sp³-hybridized carbons (Fsp3) is 1.00. The Morgan fingerprint density at radius 2 is 1.39 bits per heavy atom. The lowest BCUT2D eigenvalue weighted by molar-refractivity contribution is -0.00289. The fourth-order valence-corrected chi connectivity index (χ4v) is 1.98. The van der Waals surface area contributed by atoms with E-state index >= 15 is 0 Å². The fourth-order valence-electron chi connectivity index (χ4n) is 1.98. The first-order valence-electron chi connectivity index (χ1n) is 9.06. The molecule has 1 rings (SSSR count). The summed E-state index contributed by atoms with van der Waals surface area (Å²) in [5.41, 5.74) is 0. The maximum Gasteiger partial charge on any atom is 0.104 e. The van der Waals surface area contributed by atoms with Crippen molar-refractivity contribution in [1.82, 2.24) is 5.32 Å². The minimum Gasteiger partial charge on any atom is -0.378 e. The molecule has 1 unspecified atom stereocenters. The molecule has 1 aliphatic heterocycles. The van der Waals surface area contributed by atoms with E-state index in [2.05, 4.69) is 12.2 Å². The second-order valence-electron chi connectivity index (χ2n) is 5.68. The van der Waals surface area contributed by atoms with Crippen LogP contribution in [0.25, 0.3) is 0 Å². The molecule has 0 amide bonds. The molecular formula is C17H35NO5. The summed E-state index contributed by atoms with van der Waals surface area (Å²) in [4.78, 5) is 0. The number of rotatable bonds is 19. The molecule has 1 N–H and O–H groups in total. The molecule has 1 heterocycles. The van der Waals surface area contributed by atoms with E-state index < -0.39 is 0 Å². The Kier molecular flexibility index (Phi) is 15.0. The number of epoxide rings is 1. The average molecular weight is 333 g/mol. The van der Waals surface area contributed by atoms with Gasteiger partial charge in [-0.25, -0.2) is 0 Å². The molecule has 6 heteroatoms. The summed E-state index contributed by atoms with van der Waals surface area (Å²) >= 11 is 0. The SMILES string of the molecule is CCCCCCNCCOCCOCCOCCOCC1CO1. The molecule has 138 valence electrons. The van der Waals surface area contributed by atoms with Gasteiger partial charge in [0.05, 0.1) is 59.5 Å². The number of hydrogen-bond acceptors (Lipinski definition) is 6. The zero-order valence-electron chi connectivity index (χ0n) is 14.7. The van der Waals surface area contributed by atoms with Crippen LogP contribution in [0.3, 0.4) is 0 Å². The minimum atomic E-state index is 0.328. The number of hydrogen-bond donors (Lipinski definition) is 1. The second-order valence-corrected chi connectivity index (χ2v) is 5.68. The normalized spacial score (nSPS) is 16.8. The van der Waals surface area contributed by atoms with E-state index in [-0.39, 0.29) is 0 Å². The maximum atomic E-state index is 5.49. The van der Waals surface area contributed by atoms with Crippen LogP contribution in [0, 0.1) is 0 Å². The van der Waals surface area contributed by atoms with Gasteiger partial charge in [0.2, 0.25) is 0 Å². The van der Waals surface area contributed by atoms with Crippen molar-refractivity contribution in [2.24, 2.45) is 0 Å². The van der Waals surface area contributed by atoms with Crippen LogP contribution in [0.15, 0.2) is 0 Å². The largest absolute Gasteiger partial charge is 0.378 e. The molecule has 6 nitrogen and oxygen atoms in total. The Hall–Kier alpha value is -0.240. The average Bonchev–Trinajstić information content (AvgIpc) is 3.38. The highest BCUT2D eigenvalue weighted by Gasteiger charge is 2.21. The van der Waals surface area contributed by atoms with Crippen LogP contribution in [0.1, 0.15) is 32.6 Å². The number of ether oxygens (including phenoxy) is 5. The quantitative estimate of drug-likeness (QED) is 0.286. The van der Waals surface area contributed by atoms with Gasteiger partial charge in [-0.15, -0.1) is 0 Å². The lowest BCUT2D eigenvalue weighted by atomic mass is 10.2. The first-order valence-corrected chi connectivity index (χ1v) is 9.06. The van der Waals surface area contributed by atoms with E-state index in [0.29, 0.717) is 52.4 Å². The van der Waals surface area contributed by atoms with Crippen LogP contribution in [-0.2, 0) is 23.7 Å². The van der Waals surface area contributed by atoms with Crippen molar-refractivity contribution in [2.75, 3.05) is 72.6 Å². The van der Waals surface area contributed by atoms with Crippen molar-refractivity contribution in [3.8, 4) is 0 Å². The predicted octanol–water partition coefficient (Wildman–Crippen LogP) is 1.62. The molecule has 0 radical (unpaired) electrons. The van der Waals surface area contributed by atoms with Gasteiger partial charge in [-0.2, -0.15) is 0 Å². The molecule has 1 fully saturated rings. The molecule has 0 aromatic carbocycles. The molecule has 0 aromatic heterocycles. The van der Waals surface area contributed by atoms with Crippen LogP contribution >= 0.6 is 0 Å². The summed E-state index contributed by atoms with van der Waals surface area (Å²) in [7, 11) is 0. The molecule has 0 spiro atoms. The van der Waals surface area contributed by atoms with E-state index in [9.17, 15) is 0 Å². The molecule has 23 heavy (non-hydrogen) atoms. The zero-order valence-corrected chi connectivity index (χ0v) is 14.7. The Bertz CT molecular complexity index is 239. The third-order valence-electron chi connectivity index (χ3n) is 3.45. The highest BCUT2D eigenvalue weighted by atomic mass is 16.6. The molecule has 0 aliphatic carbocycles. The molecule has 0 aromatic rings. The summed E-state index contributed by atoms with van der Waals surface area (Å²) in [6.07, 6.45) is 5.53. The van der Waals surface area contributed by atoms with Gasteiger partial charge in [0.1, 0.15) is 6.10 Å². The van der Waals surface area contributed by atoms with Crippen molar-refractivity contribution in [2.45, 2.75) is 38.7 Å². The highest BCUT2D eigenvalue weighted by molar-refractivity contribution is 4.66. The van der Waals surface area contributed by atoms with E-state index in [0.717, 1.165) is 26.3 Å². The van der Waals surface area contributed by atoms with Crippen LogP contribution in [0.2, 0.25) is 0 Å². The van der Waals surface area contributed by atoms with E-state index in [1.54, 1.807) is 0 Å². The van der Waals surface area contributed by atoms with Crippen LogP contribution < -0.4 is 5.32 Å². The third kappa shape index (κ3) is 16.4. The summed E-state index contributed by atoms with van der Waals surface area (Å²) in [5.74, 6) is 0. The molecule has 0 saturated carbocycles. The summed E-state index contributed by atoms with van der Waals surface area (Å²) < 4.78 is 26.7. The molecular weight excluding hydrogens is 298 g/mol. The number of nitrogens with one attached hydrogen (secondary N) is 1. The zero-order chi connectivity index (χ0) is 16.4. The van der Waals surface area contributed by atoms with Crippen molar-refractivity contribution in [3.63, 3.8) is 0 Å². The molecule has 0 bridgehead atoms. The van der Waals surface area contributed by atoms with Crippen LogP contribution in [0.4, 0.5) is 0 Å². The Morgan fingerprint density at radius 1 is 0.783 bits per heavy atom. The van der Waals surface area contributed by atoms with Gasteiger partial charge >= 0.3 is 0 Å². The molecule has 1 aliphatic rings. The summed E-state index contributed by atoms with van der Waals surface area (Å²) in [5, 5.41) is 3.39. The van der Waals surface area contributed by atoms with Crippen molar-refractivity contribution in [1.29, 1.82) is 0 Å². The first kappa shape index (κ1) is 20.8. The molecule has 1 atom stereocenters. The van der Waals surface area contributed by atoms with E-state index in [1.807, 2.05) is 0 Å². The van der Waals surface area contributed by atoms with Crippen molar-refractivity contribution < 1.29 is 23.7 Å². The van der Waals surface area contributed by atoms with Crippen molar-refractivity contribution in [3.05, 3.63) is 0 Å². The second kappa shape index (κ2) is 16.6. The summed E-state index contributed by atoms with van der Waals surface area (Å²) in [6.45, 7) is 10.2. The Labute approximate surface area is 141 Å². The van der Waals surface area contributed by atoms with Crippen molar-refractivity contribution >= 4 is 0 Å². The van der Waals surface area contributed by atoms with Gasteiger partial charge in [0.25, 0.3) is 0 Å². The highest BCUT2D eigenvalue weighted by Crippen LogP contribution is 2.07. The van der Waals surface area contributed by atoms with Crippen LogP contribution in [0.5, 0.6) is 0 Å². The first-order chi connectivity index (χ1) is 11.4. The van der Waals surface area contributed by atoms with Gasteiger partial charge in [-0.05, 0) is 13.0 Å². The maximum absolute atomic E-state index is 5.49. The van der Waals surface area contributed by atoms with Gasteiger partial charge in [-0.3, -0.25) is 0 Å². The lowest BCUT2D eigenvalue weighted by Crippen LogP contribution is -2.21. The monoisotopic (exact) mass is 333 g/mol. The molecule has 1 saturated heterocycles. The number of unbranched alkanes of at least 4 members (excludes halogenated alkanes) is 3. The van der Waals surface area contributed by atoms with E-state index in [1.165, 1.54) is 25.7 Å². The third-order valence-corrected chi connectivity index (χ3v) is 3.45. The topological polar surface area (TPSA) is 61.5 Å². The summed E-state index contributed by atoms with van der Waals surface area (Å²) in [6, 6.07) is 0. The Morgan fingerprint density at radius 3 is 2.00 bits per heavy atom. The van der Waals surface area contributed by atoms with Crippen LogP contribution in [-0.4, -0.2) is 78.7 Å². The van der Waals surface area contributed by atoms with E-state index in [4.69, 9.17) is 23.7 Å². The van der Waals surface area contributed by atoms with Gasteiger partial charge in [0, 0.05) is 6.54 Å². The minimum absolute atomic E-state index is 0.328. The van der Waals surface area contributed by atoms with Gasteiger partial charge < -0.3 is 29.0 Å². The van der Waals surface area contributed by atoms with Gasteiger partial charge in [-0.1, -0.05) is 26.2 Å². The Balaban J connectivity index is 1.59. The standard InChI is InChI=1S/C17H35NO5/c1-2-3-4-5-6-18-7-8-19-9-10-20-11-12-21-13-14-22-15-17-16-23-17/h17-18H,2-16H2,1H3. The van der Waals surface area contributed by atoms with Gasteiger partial charge in [0.15, 0.2) is 0 Å². The predicted molar refractivity (Wildman–Crippen MR) is 90.0 cm³/mol. The smallest absolute Gasteiger partial charge is 0.104 e. The lowest BCUT2D eigenvalue weighted by Gasteiger charge is -2.08.